The zero-order chi connectivity index (χ0) is 15.4. The fraction of sp³-hybridized carbons (Fsp3) is 0.111. The molecule has 0 radical (unpaired) electrons. The number of aryl methyl sites for hydroxylation is 1. The lowest BCUT2D eigenvalue weighted by atomic mass is 10.0. The lowest BCUT2D eigenvalue weighted by Crippen LogP contribution is -2.34. The molecule has 1 aromatic heterocycles. The highest BCUT2D eigenvalue weighted by Gasteiger charge is 2.21. The quantitative estimate of drug-likeness (QED) is 0.565. The molecule has 0 saturated heterocycles. The predicted molar refractivity (Wildman–Crippen MR) is 87.3 cm³/mol. The number of hydrogen-bond acceptors (Lipinski definition) is 1. The fourth-order valence-electron chi connectivity index (χ4n) is 2.53. The molecule has 4 heteroatoms. The van der Waals surface area contributed by atoms with Crippen molar-refractivity contribution in [2.24, 2.45) is 0 Å². The Kier molecular flexibility index (Phi) is 4.35. The standard InChI is InChI=1S/C18H15ClN2O/c19-16(22)11-12-21-13-20-17(14-7-3-1-4-8-14)18(21)15-9-5-2-6-10-15/h1-10,13H,11-12H2/p+1. The molecule has 3 nitrogen and oxygen atoms in total. The molecule has 0 aliphatic carbocycles. The topological polar surface area (TPSA) is 36.7 Å². The van der Waals surface area contributed by atoms with Crippen molar-refractivity contribution in [2.45, 2.75) is 13.0 Å². The minimum absolute atomic E-state index is 0.304. The highest BCUT2D eigenvalue weighted by atomic mass is 35.5. The van der Waals surface area contributed by atoms with Crippen LogP contribution in [0, 0.1) is 0 Å². The van der Waals surface area contributed by atoms with Crippen LogP contribution in [-0.2, 0) is 11.3 Å². The monoisotopic (exact) mass is 311 g/mol. The molecule has 0 bridgehead atoms. The molecule has 22 heavy (non-hydrogen) atoms. The number of halogens is 1. The first-order valence-electron chi connectivity index (χ1n) is 7.15. The second-order valence-electron chi connectivity index (χ2n) is 5.03. The molecule has 0 aliphatic rings. The van der Waals surface area contributed by atoms with E-state index in [2.05, 4.69) is 29.2 Å². The summed E-state index contributed by atoms with van der Waals surface area (Å²) in [6.45, 7) is 0.551. The van der Waals surface area contributed by atoms with Gasteiger partial charge in [0.1, 0.15) is 0 Å². The van der Waals surface area contributed by atoms with E-state index < -0.39 is 0 Å². The molecule has 110 valence electrons. The van der Waals surface area contributed by atoms with Crippen molar-refractivity contribution in [3.63, 3.8) is 0 Å². The van der Waals surface area contributed by atoms with Crippen LogP contribution in [0.2, 0.25) is 0 Å². The summed E-state index contributed by atoms with van der Waals surface area (Å²) in [5.41, 5.74) is 4.31. The molecule has 0 unspecified atom stereocenters. The Morgan fingerprint density at radius 1 is 0.955 bits per heavy atom. The first kappa shape index (κ1) is 14.5. The van der Waals surface area contributed by atoms with Crippen LogP contribution in [0.15, 0.2) is 67.0 Å². The number of H-pyrrole nitrogens is 1. The van der Waals surface area contributed by atoms with Crippen LogP contribution in [0.5, 0.6) is 0 Å². The summed E-state index contributed by atoms with van der Waals surface area (Å²) >= 11 is 5.49. The van der Waals surface area contributed by atoms with E-state index in [1.54, 1.807) is 0 Å². The Hall–Kier alpha value is -2.39. The van der Waals surface area contributed by atoms with E-state index in [-0.39, 0.29) is 5.24 Å². The average molecular weight is 312 g/mol. The fourth-order valence-corrected chi connectivity index (χ4v) is 2.62. The van der Waals surface area contributed by atoms with Crippen LogP contribution in [0.4, 0.5) is 0 Å². The SMILES string of the molecule is O=C(Cl)CC[n+]1c[nH]c(-c2ccccc2)c1-c1ccccc1. The first-order chi connectivity index (χ1) is 10.8. The van der Waals surface area contributed by atoms with E-state index >= 15 is 0 Å². The molecule has 1 N–H and O–H groups in total. The number of aromatic nitrogens is 2. The van der Waals surface area contributed by atoms with Gasteiger partial charge in [0.25, 0.3) is 0 Å². The Morgan fingerprint density at radius 2 is 1.55 bits per heavy atom. The van der Waals surface area contributed by atoms with E-state index in [0.717, 1.165) is 22.5 Å². The minimum atomic E-state index is -0.325. The highest BCUT2D eigenvalue weighted by Crippen LogP contribution is 2.27. The lowest BCUT2D eigenvalue weighted by Gasteiger charge is -2.04. The summed E-state index contributed by atoms with van der Waals surface area (Å²) in [5.74, 6) is 0. The number of rotatable bonds is 5. The molecule has 3 aromatic rings. The summed E-state index contributed by atoms with van der Waals surface area (Å²) in [6.07, 6.45) is 2.20. The number of carbonyl (C=O) groups is 1. The van der Waals surface area contributed by atoms with Gasteiger partial charge in [-0.15, -0.1) is 0 Å². The van der Waals surface area contributed by atoms with Gasteiger partial charge in [-0.2, -0.15) is 0 Å². The molecule has 1 heterocycles. The molecule has 3 rings (SSSR count). The molecule has 0 saturated carbocycles. The van der Waals surface area contributed by atoms with Crippen molar-refractivity contribution in [3.8, 4) is 22.5 Å². The number of benzene rings is 2. The molecule has 0 atom stereocenters. The van der Waals surface area contributed by atoms with Gasteiger partial charge >= 0.3 is 0 Å². The number of carbonyl (C=O) groups excluding carboxylic acids is 1. The highest BCUT2D eigenvalue weighted by molar-refractivity contribution is 6.63. The van der Waals surface area contributed by atoms with Crippen LogP contribution < -0.4 is 4.57 Å². The lowest BCUT2D eigenvalue weighted by molar-refractivity contribution is -0.683. The summed E-state index contributed by atoms with van der Waals surface area (Å²) in [6, 6.07) is 20.3. The predicted octanol–water partition coefficient (Wildman–Crippen LogP) is 3.79. The first-order valence-corrected chi connectivity index (χ1v) is 7.53. The van der Waals surface area contributed by atoms with Gasteiger partial charge in [0.05, 0.1) is 13.0 Å². The van der Waals surface area contributed by atoms with E-state index in [1.807, 2.05) is 47.3 Å². The van der Waals surface area contributed by atoms with Crippen LogP contribution >= 0.6 is 11.6 Å². The second kappa shape index (κ2) is 6.58. The van der Waals surface area contributed by atoms with Crippen molar-refractivity contribution < 1.29 is 9.36 Å². The maximum absolute atomic E-state index is 11.1. The molecule has 0 amide bonds. The van der Waals surface area contributed by atoms with E-state index in [4.69, 9.17) is 11.6 Å². The van der Waals surface area contributed by atoms with Crippen molar-refractivity contribution in [1.82, 2.24) is 4.98 Å². The summed E-state index contributed by atoms with van der Waals surface area (Å²) in [4.78, 5) is 14.4. The number of nitrogens with one attached hydrogen (secondary N) is 1. The Balaban J connectivity index is 2.09. The summed E-state index contributed by atoms with van der Waals surface area (Å²) < 4.78 is 2.04. The van der Waals surface area contributed by atoms with Gasteiger partial charge in [-0.3, -0.25) is 4.79 Å². The molecular formula is C18H16ClN2O+. The molecule has 0 spiro atoms. The van der Waals surface area contributed by atoms with E-state index in [1.165, 1.54) is 0 Å². The summed E-state index contributed by atoms with van der Waals surface area (Å²) in [5, 5.41) is -0.325. The van der Waals surface area contributed by atoms with E-state index in [0.29, 0.717) is 13.0 Å². The van der Waals surface area contributed by atoms with Gasteiger partial charge < -0.3 is 0 Å². The third kappa shape index (κ3) is 3.10. The zero-order valence-corrected chi connectivity index (χ0v) is 12.8. The largest absolute Gasteiger partial charge is 0.281 e. The number of imidazole rings is 1. The minimum Gasteiger partial charge on any atom is -0.281 e. The van der Waals surface area contributed by atoms with Gasteiger partial charge in [-0.1, -0.05) is 60.7 Å². The smallest absolute Gasteiger partial charge is 0.242 e. The second-order valence-corrected chi connectivity index (χ2v) is 5.45. The van der Waals surface area contributed by atoms with Crippen LogP contribution in [0.1, 0.15) is 6.42 Å². The number of nitrogens with zero attached hydrogens (tertiary/aromatic N) is 1. The Labute approximate surface area is 134 Å². The Morgan fingerprint density at radius 3 is 2.14 bits per heavy atom. The Bertz CT molecular complexity index is 766. The van der Waals surface area contributed by atoms with Gasteiger partial charge in [0, 0.05) is 11.1 Å². The molecular weight excluding hydrogens is 296 g/mol. The van der Waals surface area contributed by atoms with E-state index in [9.17, 15) is 4.79 Å². The third-order valence-corrected chi connectivity index (χ3v) is 3.74. The van der Waals surface area contributed by atoms with Gasteiger partial charge in [-0.05, 0) is 11.6 Å². The van der Waals surface area contributed by atoms with Crippen LogP contribution in [0.3, 0.4) is 0 Å². The molecule has 0 fully saturated rings. The maximum atomic E-state index is 11.1. The average Bonchev–Trinajstić information content (AvgIpc) is 2.98. The van der Waals surface area contributed by atoms with Crippen LogP contribution in [0.25, 0.3) is 22.5 Å². The zero-order valence-electron chi connectivity index (χ0n) is 12.0. The van der Waals surface area contributed by atoms with Crippen molar-refractivity contribution in [3.05, 3.63) is 67.0 Å². The normalized spacial score (nSPS) is 10.6. The van der Waals surface area contributed by atoms with Crippen molar-refractivity contribution in [1.29, 1.82) is 0 Å². The maximum Gasteiger partial charge on any atom is 0.242 e. The summed E-state index contributed by atoms with van der Waals surface area (Å²) in [7, 11) is 0. The van der Waals surface area contributed by atoms with Crippen molar-refractivity contribution in [2.75, 3.05) is 0 Å². The number of hydrogen-bond donors (Lipinski definition) is 1. The number of aromatic amines is 1. The van der Waals surface area contributed by atoms with Crippen LogP contribution in [-0.4, -0.2) is 10.2 Å². The van der Waals surface area contributed by atoms with Gasteiger partial charge in [0.15, 0.2) is 11.4 Å². The van der Waals surface area contributed by atoms with Gasteiger partial charge in [0.2, 0.25) is 11.6 Å². The molecule has 0 aliphatic heterocycles. The molecule has 2 aromatic carbocycles. The third-order valence-electron chi connectivity index (χ3n) is 3.55. The van der Waals surface area contributed by atoms with Crippen molar-refractivity contribution >= 4 is 16.8 Å². The van der Waals surface area contributed by atoms with Gasteiger partial charge in [-0.25, -0.2) is 9.55 Å².